The molecule has 1 fully saturated rings. The predicted molar refractivity (Wildman–Crippen MR) is 99.4 cm³/mol. The lowest BCUT2D eigenvalue weighted by atomic mass is 9.94. The number of nitrogens with two attached hydrogens (primary N) is 1. The van der Waals surface area contributed by atoms with Crippen LogP contribution in [0.25, 0.3) is 0 Å². The minimum absolute atomic E-state index is 0. The van der Waals surface area contributed by atoms with Crippen molar-refractivity contribution in [3.05, 3.63) is 29.0 Å². The fourth-order valence-electron chi connectivity index (χ4n) is 2.69. The Balaban J connectivity index is 0.00000312. The van der Waals surface area contributed by atoms with Crippen LogP contribution in [0.3, 0.4) is 0 Å². The molecular formula is C17H24Cl2FN3O2. The van der Waals surface area contributed by atoms with E-state index in [0.29, 0.717) is 31.6 Å². The Morgan fingerprint density at radius 2 is 1.92 bits per heavy atom. The van der Waals surface area contributed by atoms with Crippen LogP contribution >= 0.6 is 24.0 Å². The van der Waals surface area contributed by atoms with Gasteiger partial charge in [-0.1, -0.05) is 18.5 Å². The maximum absolute atomic E-state index is 13.1. The fourth-order valence-corrected chi connectivity index (χ4v) is 2.87. The van der Waals surface area contributed by atoms with Crippen molar-refractivity contribution in [3.63, 3.8) is 0 Å². The largest absolute Gasteiger partial charge is 0.342 e. The summed E-state index contributed by atoms with van der Waals surface area (Å²) in [4.78, 5) is 26.4. The third-order valence-corrected chi connectivity index (χ3v) is 4.83. The maximum atomic E-state index is 13.1. The number of nitrogens with one attached hydrogen (secondary N) is 1. The van der Waals surface area contributed by atoms with Crippen molar-refractivity contribution in [1.29, 1.82) is 0 Å². The highest BCUT2D eigenvalue weighted by atomic mass is 35.5. The van der Waals surface area contributed by atoms with Gasteiger partial charge in [-0.05, 0) is 38.0 Å². The van der Waals surface area contributed by atoms with Gasteiger partial charge in [-0.3, -0.25) is 9.59 Å². The van der Waals surface area contributed by atoms with Crippen LogP contribution in [0.4, 0.5) is 10.1 Å². The van der Waals surface area contributed by atoms with Gasteiger partial charge in [-0.25, -0.2) is 4.39 Å². The molecule has 2 unspecified atom stereocenters. The highest BCUT2D eigenvalue weighted by Crippen LogP contribution is 2.23. The third-order valence-electron chi connectivity index (χ3n) is 4.54. The van der Waals surface area contributed by atoms with Crippen LogP contribution in [0, 0.1) is 17.7 Å². The average molecular weight is 392 g/mol. The van der Waals surface area contributed by atoms with Gasteiger partial charge in [0, 0.05) is 30.7 Å². The fraction of sp³-hybridized carbons (Fsp3) is 0.529. The molecule has 3 N–H and O–H groups in total. The first-order chi connectivity index (χ1) is 11.3. The first kappa shape index (κ1) is 21.7. The van der Waals surface area contributed by atoms with E-state index in [0.717, 1.165) is 0 Å². The van der Waals surface area contributed by atoms with Crippen LogP contribution in [-0.2, 0) is 9.59 Å². The molecule has 140 valence electrons. The van der Waals surface area contributed by atoms with Crippen LogP contribution in [0.2, 0.25) is 5.02 Å². The van der Waals surface area contributed by atoms with Crippen LogP contribution < -0.4 is 11.1 Å². The number of hydrogen-bond acceptors (Lipinski definition) is 3. The van der Waals surface area contributed by atoms with Crippen molar-refractivity contribution in [2.24, 2.45) is 17.6 Å². The summed E-state index contributed by atoms with van der Waals surface area (Å²) >= 11 is 5.71. The topological polar surface area (TPSA) is 75.4 Å². The van der Waals surface area contributed by atoms with Gasteiger partial charge in [-0.15, -0.1) is 12.4 Å². The molecule has 0 bridgehead atoms. The normalized spacial score (nSPS) is 17.4. The highest BCUT2D eigenvalue weighted by molar-refractivity contribution is 6.31. The Kier molecular flexibility index (Phi) is 8.12. The molecule has 1 heterocycles. The average Bonchev–Trinajstić information content (AvgIpc) is 2.56. The molecule has 0 spiro atoms. The summed E-state index contributed by atoms with van der Waals surface area (Å²) in [7, 11) is 0. The molecule has 0 radical (unpaired) electrons. The number of halogens is 3. The summed E-state index contributed by atoms with van der Waals surface area (Å²) in [6.07, 6.45) is 1.19. The zero-order chi connectivity index (χ0) is 17.9. The SMILES string of the molecule is CC(N)C(C)C(=O)N1CCC(C(=O)Nc2ccc(F)c(Cl)c2)CC1.Cl. The minimum Gasteiger partial charge on any atom is -0.342 e. The quantitative estimate of drug-likeness (QED) is 0.827. The van der Waals surface area contributed by atoms with Crippen molar-refractivity contribution in [3.8, 4) is 0 Å². The summed E-state index contributed by atoms with van der Waals surface area (Å²) in [5.41, 5.74) is 6.25. The number of carbonyl (C=O) groups is 2. The molecule has 1 aliphatic rings. The smallest absolute Gasteiger partial charge is 0.227 e. The lowest BCUT2D eigenvalue weighted by Gasteiger charge is -2.33. The molecule has 2 amide bonds. The molecule has 0 aromatic heterocycles. The molecule has 8 heteroatoms. The summed E-state index contributed by atoms with van der Waals surface area (Å²) in [5.74, 6) is -1.02. The Morgan fingerprint density at radius 3 is 2.44 bits per heavy atom. The Morgan fingerprint density at radius 1 is 1.32 bits per heavy atom. The summed E-state index contributed by atoms with van der Waals surface area (Å²) in [6, 6.07) is 3.88. The first-order valence-corrected chi connectivity index (χ1v) is 8.47. The van der Waals surface area contributed by atoms with Gasteiger partial charge in [0.25, 0.3) is 0 Å². The molecule has 1 aromatic rings. The van der Waals surface area contributed by atoms with Gasteiger partial charge in [-0.2, -0.15) is 0 Å². The van der Waals surface area contributed by atoms with Crippen LogP contribution in [-0.4, -0.2) is 35.8 Å². The molecular weight excluding hydrogens is 368 g/mol. The zero-order valence-electron chi connectivity index (χ0n) is 14.3. The number of anilines is 1. The van der Waals surface area contributed by atoms with Crippen LogP contribution in [0.1, 0.15) is 26.7 Å². The standard InChI is InChI=1S/C17H23ClFN3O2.ClH/c1-10(11(2)20)17(24)22-7-5-12(6-8-22)16(23)21-13-3-4-15(19)14(18)9-13;/h3-4,9-12H,5-8,20H2,1-2H3,(H,21,23);1H. The molecule has 1 saturated heterocycles. The van der Waals surface area contributed by atoms with E-state index in [1.54, 1.807) is 4.90 Å². The molecule has 5 nitrogen and oxygen atoms in total. The summed E-state index contributed by atoms with van der Waals surface area (Å²) in [5, 5.41) is 2.72. The number of piperidine rings is 1. The number of amides is 2. The molecule has 2 atom stereocenters. The highest BCUT2D eigenvalue weighted by Gasteiger charge is 2.30. The number of carbonyl (C=O) groups excluding carboxylic acids is 2. The second-order valence-electron chi connectivity index (χ2n) is 6.37. The van der Waals surface area contributed by atoms with Gasteiger partial charge in [0.2, 0.25) is 11.8 Å². The molecule has 1 aromatic carbocycles. The van der Waals surface area contributed by atoms with Crippen molar-refractivity contribution < 1.29 is 14.0 Å². The van der Waals surface area contributed by atoms with E-state index >= 15 is 0 Å². The van der Waals surface area contributed by atoms with Gasteiger partial charge < -0.3 is 16.0 Å². The van der Waals surface area contributed by atoms with Gasteiger partial charge in [0.05, 0.1) is 10.9 Å². The monoisotopic (exact) mass is 391 g/mol. The Hall–Kier alpha value is -1.37. The molecule has 1 aliphatic heterocycles. The van der Waals surface area contributed by atoms with E-state index in [9.17, 15) is 14.0 Å². The summed E-state index contributed by atoms with van der Waals surface area (Å²) in [6.45, 7) is 4.72. The lowest BCUT2D eigenvalue weighted by molar-refractivity contribution is -0.138. The van der Waals surface area contributed by atoms with Crippen molar-refractivity contribution in [2.75, 3.05) is 18.4 Å². The van der Waals surface area contributed by atoms with E-state index in [-0.39, 0.29) is 47.1 Å². The summed E-state index contributed by atoms with van der Waals surface area (Å²) < 4.78 is 13.1. The number of hydrogen-bond donors (Lipinski definition) is 2. The second-order valence-corrected chi connectivity index (χ2v) is 6.77. The molecule has 25 heavy (non-hydrogen) atoms. The zero-order valence-corrected chi connectivity index (χ0v) is 15.9. The van der Waals surface area contributed by atoms with Crippen LogP contribution in [0.15, 0.2) is 18.2 Å². The van der Waals surface area contributed by atoms with E-state index in [1.807, 2.05) is 13.8 Å². The van der Waals surface area contributed by atoms with Gasteiger partial charge in [0.1, 0.15) is 5.82 Å². The third kappa shape index (κ3) is 5.56. The number of rotatable bonds is 4. The molecule has 0 aliphatic carbocycles. The Bertz CT molecular complexity index is 620. The van der Waals surface area contributed by atoms with Crippen LogP contribution in [0.5, 0.6) is 0 Å². The Labute approximate surface area is 158 Å². The van der Waals surface area contributed by atoms with E-state index in [4.69, 9.17) is 17.3 Å². The molecule has 0 saturated carbocycles. The maximum Gasteiger partial charge on any atom is 0.227 e. The van der Waals surface area contributed by atoms with Gasteiger partial charge >= 0.3 is 0 Å². The van der Waals surface area contributed by atoms with Crippen molar-refractivity contribution >= 4 is 41.5 Å². The minimum atomic E-state index is -0.523. The number of likely N-dealkylation sites (tertiary alicyclic amines) is 1. The van der Waals surface area contributed by atoms with E-state index in [1.165, 1.54) is 18.2 Å². The van der Waals surface area contributed by atoms with Gasteiger partial charge in [0.15, 0.2) is 0 Å². The van der Waals surface area contributed by atoms with E-state index in [2.05, 4.69) is 5.32 Å². The number of nitrogens with zero attached hydrogens (tertiary/aromatic N) is 1. The van der Waals surface area contributed by atoms with Crippen molar-refractivity contribution in [2.45, 2.75) is 32.7 Å². The van der Waals surface area contributed by atoms with Crippen molar-refractivity contribution in [1.82, 2.24) is 4.90 Å². The second kappa shape index (κ2) is 9.36. The molecule has 2 rings (SSSR count). The van der Waals surface area contributed by atoms with E-state index < -0.39 is 5.82 Å². The number of benzene rings is 1. The first-order valence-electron chi connectivity index (χ1n) is 8.10. The predicted octanol–water partition coefficient (Wildman–Crippen LogP) is 3.06. The lowest BCUT2D eigenvalue weighted by Crippen LogP contribution is -2.46.